The van der Waals surface area contributed by atoms with Gasteiger partial charge in [-0.3, -0.25) is 14.8 Å². The van der Waals surface area contributed by atoms with E-state index in [1.54, 1.807) is 6.20 Å². The first-order valence-corrected chi connectivity index (χ1v) is 7.46. The zero-order chi connectivity index (χ0) is 13.1. The number of nitrogens with zero attached hydrogens (tertiary/aromatic N) is 3. The topological polar surface area (TPSA) is 31.4 Å². The monoisotopic (exact) mass is 316 g/mol. The molecular weight excluding hydrogens is 295 g/mol. The number of halogens is 2. The number of likely N-dealkylation sites (tertiary alicyclic amines) is 1. The number of hydrogen-bond donors (Lipinski definition) is 1. The molecule has 1 N–H and O–H groups in total. The van der Waals surface area contributed by atoms with Gasteiger partial charge in [-0.05, 0) is 18.1 Å². The predicted octanol–water partition coefficient (Wildman–Crippen LogP) is 1.64. The van der Waals surface area contributed by atoms with E-state index in [0.29, 0.717) is 0 Å². The van der Waals surface area contributed by atoms with Gasteiger partial charge in [0.05, 0.1) is 5.02 Å². The Bertz CT molecular complexity index is 423. The molecule has 0 saturated carbocycles. The van der Waals surface area contributed by atoms with Crippen LogP contribution in [0, 0.1) is 0 Å². The second-order valence-corrected chi connectivity index (χ2v) is 5.84. The average Bonchev–Trinajstić information content (AvgIpc) is 2.91. The highest BCUT2D eigenvalue weighted by atomic mass is 35.5. The first kappa shape index (κ1) is 16.0. The van der Waals surface area contributed by atoms with E-state index < -0.39 is 0 Å². The summed E-state index contributed by atoms with van der Waals surface area (Å²) in [5.74, 6) is 0. The molecule has 1 unspecified atom stereocenters. The summed E-state index contributed by atoms with van der Waals surface area (Å²) in [6.07, 6.45) is 4.84. The molecule has 0 radical (unpaired) electrons. The molecule has 2 saturated heterocycles. The lowest BCUT2D eigenvalue weighted by Gasteiger charge is -2.32. The van der Waals surface area contributed by atoms with E-state index >= 15 is 0 Å². The van der Waals surface area contributed by atoms with Gasteiger partial charge < -0.3 is 5.32 Å². The first-order chi connectivity index (χ1) is 9.33. The van der Waals surface area contributed by atoms with Gasteiger partial charge in [0.2, 0.25) is 0 Å². The third-order valence-electron chi connectivity index (χ3n) is 4.17. The summed E-state index contributed by atoms with van der Waals surface area (Å²) < 4.78 is 0. The van der Waals surface area contributed by atoms with Crippen molar-refractivity contribution in [1.82, 2.24) is 20.1 Å². The van der Waals surface area contributed by atoms with Gasteiger partial charge in [0.15, 0.2) is 0 Å². The molecule has 0 bridgehead atoms. The fourth-order valence-corrected chi connectivity index (χ4v) is 3.25. The summed E-state index contributed by atoms with van der Waals surface area (Å²) >= 11 is 6.18. The molecule has 2 aliphatic heterocycles. The van der Waals surface area contributed by atoms with Gasteiger partial charge in [0.1, 0.15) is 0 Å². The van der Waals surface area contributed by atoms with Crippen LogP contribution in [0.4, 0.5) is 0 Å². The Morgan fingerprint density at radius 3 is 2.85 bits per heavy atom. The quantitative estimate of drug-likeness (QED) is 0.918. The van der Waals surface area contributed by atoms with Gasteiger partial charge in [-0.1, -0.05) is 11.6 Å². The van der Waals surface area contributed by atoms with E-state index in [0.717, 1.165) is 30.7 Å². The Morgan fingerprint density at radius 1 is 1.30 bits per heavy atom. The van der Waals surface area contributed by atoms with Crippen molar-refractivity contribution in [2.45, 2.75) is 19.0 Å². The summed E-state index contributed by atoms with van der Waals surface area (Å²) in [7, 11) is 0. The van der Waals surface area contributed by atoms with Crippen LogP contribution in [-0.4, -0.2) is 60.1 Å². The Balaban J connectivity index is 0.00000147. The van der Waals surface area contributed by atoms with Crippen molar-refractivity contribution in [3.63, 3.8) is 0 Å². The molecule has 3 rings (SSSR count). The molecule has 1 aromatic rings. The lowest BCUT2D eigenvalue weighted by atomic mass is 10.2. The van der Waals surface area contributed by atoms with Gasteiger partial charge in [-0.25, -0.2) is 0 Å². The molecule has 112 valence electrons. The molecule has 6 heteroatoms. The van der Waals surface area contributed by atoms with E-state index in [-0.39, 0.29) is 12.4 Å². The largest absolute Gasteiger partial charge is 0.314 e. The molecule has 0 amide bonds. The third kappa shape index (κ3) is 3.83. The summed E-state index contributed by atoms with van der Waals surface area (Å²) in [6.45, 7) is 7.93. The fraction of sp³-hybridized carbons (Fsp3) is 0.643. The maximum Gasteiger partial charge on any atom is 0.0634 e. The molecule has 20 heavy (non-hydrogen) atoms. The van der Waals surface area contributed by atoms with Crippen LogP contribution >= 0.6 is 24.0 Å². The van der Waals surface area contributed by atoms with E-state index in [2.05, 4.69) is 20.1 Å². The number of pyridine rings is 1. The lowest BCUT2D eigenvalue weighted by molar-refractivity contribution is 0.170. The number of piperazine rings is 1. The van der Waals surface area contributed by atoms with Crippen LogP contribution in [0.25, 0.3) is 0 Å². The second-order valence-electron chi connectivity index (χ2n) is 5.43. The van der Waals surface area contributed by atoms with E-state index in [1.165, 1.54) is 38.2 Å². The van der Waals surface area contributed by atoms with Crippen molar-refractivity contribution < 1.29 is 0 Å². The van der Waals surface area contributed by atoms with Crippen molar-refractivity contribution in [2.24, 2.45) is 0 Å². The lowest BCUT2D eigenvalue weighted by Crippen LogP contribution is -2.49. The molecule has 4 nitrogen and oxygen atoms in total. The maximum absolute atomic E-state index is 6.18. The summed E-state index contributed by atoms with van der Waals surface area (Å²) in [5.41, 5.74) is 1.19. The van der Waals surface area contributed by atoms with Crippen molar-refractivity contribution >= 4 is 24.0 Å². The first-order valence-electron chi connectivity index (χ1n) is 7.08. The Labute approximate surface area is 131 Å². The SMILES string of the molecule is Cl.Clc1cnccc1CN1CCC(N2CCNCC2)C1. The van der Waals surface area contributed by atoms with Crippen LogP contribution < -0.4 is 5.32 Å². The molecule has 0 spiro atoms. The second kappa shape index (κ2) is 7.57. The van der Waals surface area contributed by atoms with Crippen molar-refractivity contribution in [1.29, 1.82) is 0 Å². The minimum absolute atomic E-state index is 0. The van der Waals surface area contributed by atoms with Crippen LogP contribution in [0.3, 0.4) is 0 Å². The average molecular weight is 317 g/mol. The van der Waals surface area contributed by atoms with E-state index in [9.17, 15) is 0 Å². The predicted molar refractivity (Wildman–Crippen MR) is 84.6 cm³/mol. The van der Waals surface area contributed by atoms with E-state index in [4.69, 9.17) is 11.6 Å². The summed E-state index contributed by atoms with van der Waals surface area (Å²) in [4.78, 5) is 9.18. The minimum atomic E-state index is 0. The maximum atomic E-state index is 6.18. The van der Waals surface area contributed by atoms with Crippen LogP contribution in [0.1, 0.15) is 12.0 Å². The van der Waals surface area contributed by atoms with Gasteiger partial charge in [-0.2, -0.15) is 0 Å². The zero-order valence-corrected chi connectivity index (χ0v) is 13.2. The Hall–Kier alpha value is -0.390. The van der Waals surface area contributed by atoms with Gasteiger partial charge in [-0.15, -0.1) is 12.4 Å². The normalized spacial score (nSPS) is 24.6. The summed E-state index contributed by atoms with van der Waals surface area (Å²) in [5, 5.41) is 4.20. The van der Waals surface area contributed by atoms with Gasteiger partial charge in [0.25, 0.3) is 0 Å². The summed E-state index contributed by atoms with van der Waals surface area (Å²) in [6, 6.07) is 2.75. The molecule has 2 aliphatic rings. The molecule has 3 heterocycles. The van der Waals surface area contributed by atoms with Crippen LogP contribution in [0.2, 0.25) is 5.02 Å². The molecule has 0 aliphatic carbocycles. The zero-order valence-electron chi connectivity index (χ0n) is 11.6. The molecule has 1 aromatic heterocycles. The smallest absolute Gasteiger partial charge is 0.0634 e. The standard InChI is InChI=1S/C14H21ClN4.ClH/c15-14-9-17-3-1-12(14)10-18-6-2-13(11-18)19-7-4-16-5-8-19;/h1,3,9,13,16H,2,4-8,10-11H2;1H. The van der Waals surface area contributed by atoms with Gasteiger partial charge >= 0.3 is 0 Å². The molecule has 2 fully saturated rings. The highest BCUT2D eigenvalue weighted by Crippen LogP contribution is 2.21. The van der Waals surface area contributed by atoms with Crippen molar-refractivity contribution in [3.8, 4) is 0 Å². The number of aromatic nitrogens is 1. The molecule has 1 atom stereocenters. The highest BCUT2D eigenvalue weighted by molar-refractivity contribution is 6.31. The number of nitrogens with one attached hydrogen (secondary N) is 1. The van der Waals surface area contributed by atoms with Crippen molar-refractivity contribution in [3.05, 3.63) is 29.0 Å². The Morgan fingerprint density at radius 2 is 2.10 bits per heavy atom. The van der Waals surface area contributed by atoms with Crippen LogP contribution in [0.15, 0.2) is 18.5 Å². The number of rotatable bonds is 3. The third-order valence-corrected chi connectivity index (χ3v) is 4.51. The highest BCUT2D eigenvalue weighted by Gasteiger charge is 2.28. The number of hydrogen-bond acceptors (Lipinski definition) is 4. The molecular formula is C14H22Cl2N4. The Kier molecular flexibility index (Phi) is 6.05. The van der Waals surface area contributed by atoms with E-state index in [1.807, 2.05) is 12.3 Å². The van der Waals surface area contributed by atoms with Crippen molar-refractivity contribution in [2.75, 3.05) is 39.3 Å². The van der Waals surface area contributed by atoms with Crippen LogP contribution in [0.5, 0.6) is 0 Å². The van der Waals surface area contributed by atoms with Crippen LogP contribution in [-0.2, 0) is 6.54 Å². The fourth-order valence-electron chi connectivity index (χ4n) is 3.07. The minimum Gasteiger partial charge on any atom is -0.314 e. The molecule has 0 aromatic carbocycles. The van der Waals surface area contributed by atoms with Gasteiger partial charge in [0, 0.05) is 64.2 Å².